The number of methoxy groups -OCH3 is 1. The maximum Gasteiger partial charge on any atom is 0.256 e. The quantitative estimate of drug-likeness (QED) is 0.900. The van der Waals surface area contributed by atoms with E-state index in [2.05, 4.69) is 0 Å². The first-order chi connectivity index (χ1) is 9.27. The fourth-order valence-corrected chi connectivity index (χ4v) is 2.64. The second-order valence-corrected chi connectivity index (χ2v) is 4.89. The van der Waals surface area contributed by atoms with Crippen LogP contribution in [0.1, 0.15) is 30.9 Å². The van der Waals surface area contributed by atoms with Crippen LogP contribution < -0.4 is 0 Å². The molecule has 1 aliphatic heterocycles. The molecule has 0 saturated carbocycles. The lowest BCUT2D eigenvalue weighted by molar-refractivity contribution is -0.147. The zero-order valence-electron chi connectivity index (χ0n) is 11.3. The van der Waals surface area contributed by atoms with Crippen molar-refractivity contribution in [3.05, 3.63) is 35.9 Å². The number of carbonyl (C=O) groups excluding carboxylic acids is 1. The van der Waals surface area contributed by atoms with Crippen molar-refractivity contribution < 1.29 is 14.6 Å². The van der Waals surface area contributed by atoms with Gasteiger partial charge < -0.3 is 14.7 Å². The highest BCUT2D eigenvalue weighted by atomic mass is 16.5. The van der Waals surface area contributed by atoms with Gasteiger partial charge in [-0.3, -0.25) is 4.79 Å². The van der Waals surface area contributed by atoms with Gasteiger partial charge in [0.15, 0.2) is 6.10 Å². The molecule has 19 heavy (non-hydrogen) atoms. The van der Waals surface area contributed by atoms with Crippen LogP contribution in [-0.4, -0.2) is 42.2 Å². The fourth-order valence-electron chi connectivity index (χ4n) is 2.64. The number of rotatable bonds is 4. The van der Waals surface area contributed by atoms with Crippen LogP contribution in [0.5, 0.6) is 0 Å². The molecule has 2 unspecified atom stereocenters. The molecule has 0 radical (unpaired) electrons. The summed E-state index contributed by atoms with van der Waals surface area (Å²) in [5, 5.41) is 9.40. The van der Waals surface area contributed by atoms with Gasteiger partial charge in [-0.25, -0.2) is 0 Å². The van der Waals surface area contributed by atoms with E-state index in [1.165, 1.54) is 0 Å². The van der Waals surface area contributed by atoms with Crippen molar-refractivity contribution in [1.82, 2.24) is 4.90 Å². The van der Waals surface area contributed by atoms with Crippen LogP contribution in [0, 0.1) is 0 Å². The van der Waals surface area contributed by atoms with Crippen LogP contribution in [0.25, 0.3) is 0 Å². The number of hydrogen-bond donors (Lipinski definition) is 1. The summed E-state index contributed by atoms with van der Waals surface area (Å²) in [5.74, 6) is -0.0487. The summed E-state index contributed by atoms with van der Waals surface area (Å²) < 4.78 is 5.37. The standard InChI is InChI=1S/C15H21NO3/c1-19-14(12-7-3-2-4-8-12)15(18)16-10-6-5-9-13(16)11-17/h2-4,7-8,13-14,17H,5-6,9-11H2,1H3. The van der Waals surface area contributed by atoms with Crippen LogP contribution in [0.3, 0.4) is 0 Å². The summed E-state index contributed by atoms with van der Waals surface area (Å²) in [6.45, 7) is 0.730. The summed E-state index contributed by atoms with van der Waals surface area (Å²) in [4.78, 5) is 14.4. The Hall–Kier alpha value is -1.39. The number of hydrogen-bond acceptors (Lipinski definition) is 3. The third-order valence-corrected chi connectivity index (χ3v) is 3.68. The van der Waals surface area contributed by atoms with Crippen molar-refractivity contribution in [1.29, 1.82) is 0 Å². The number of nitrogens with zero attached hydrogens (tertiary/aromatic N) is 1. The van der Waals surface area contributed by atoms with E-state index >= 15 is 0 Å². The third kappa shape index (κ3) is 3.14. The molecule has 1 saturated heterocycles. The van der Waals surface area contributed by atoms with Gasteiger partial charge in [0.05, 0.1) is 12.6 Å². The van der Waals surface area contributed by atoms with E-state index in [1.807, 2.05) is 30.3 Å². The second-order valence-electron chi connectivity index (χ2n) is 4.89. The molecule has 2 atom stereocenters. The highest BCUT2D eigenvalue weighted by Crippen LogP contribution is 2.24. The maximum atomic E-state index is 12.6. The molecule has 0 aromatic heterocycles. The predicted molar refractivity (Wildman–Crippen MR) is 72.6 cm³/mol. The van der Waals surface area contributed by atoms with Crippen LogP contribution in [-0.2, 0) is 9.53 Å². The highest BCUT2D eigenvalue weighted by molar-refractivity contribution is 5.82. The molecule has 0 spiro atoms. The van der Waals surface area contributed by atoms with Crippen LogP contribution in [0.15, 0.2) is 30.3 Å². The normalized spacial score (nSPS) is 21.2. The molecule has 1 fully saturated rings. The summed E-state index contributed by atoms with van der Waals surface area (Å²) >= 11 is 0. The molecule has 1 heterocycles. The van der Waals surface area contributed by atoms with E-state index in [9.17, 15) is 9.90 Å². The molecule has 1 aromatic rings. The summed E-state index contributed by atoms with van der Waals surface area (Å²) in [6, 6.07) is 9.43. The van der Waals surface area contributed by atoms with Crippen molar-refractivity contribution in [2.75, 3.05) is 20.3 Å². The number of aliphatic hydroxyl groups is 1. The molecule has 1 N–H and O–H groups in total. The van der Waals surface area contributed by atoms with Gasteiger partial charge >= 0.3 is 0 Å². The lowest BCUT2D eigenvalue weighted by atomic mass is 10.0. The first-order valence-corrected chi connectivity index (χ1v) is 6.77. The topological polar surface area (TPSA) is 49.8 Å². The lowest BCUT2D eigenvalue weighted by Gasteiger charge is -2.36. The van der Waals surface area contributed by atoms with E-state index in [-0.39, 0.29) is 18.6 Å². The van der Waals surface area contributed by atoms with Gasteiger partial charge in [0.1, 0.15) is 0 Å². The molecule has 0 aliphatic carbocycles. The minimum Gasteiger partial charge on any atom is -0.394 e. The number of benzene rings is 1. The van der Waals surface area contributed by atoms with Crippen LogP contribution in [0.2, 0.25) is 0 Å². The number of carbonyl (C=O) groups is 1. The van der Waals surface area contributed by atoms with E-state index in [1.54, 1.807) is 12.0 Å². The van der Waals surface area contributed by atoms with E-state index in [0.29, 0.717) is 6.54 Å². The molecular formula is C15H21NO3. The summed E-state index contributed by atoms with van der Waals surface area (Å²) in [5.41, 5.74) is 0.859. The average molecular weight is 263 g/mol. The number of aliphatic hydroxyl groups excluding tert-OH is 1. The number of piperidine rings is 1. The molecule has 4 heteroatoms. The van der Waals surface area contributed by atoms with Crippen molar-refractivity contribution in [2.45, 2.75) is 31.4 Å². The molecule has 1 aromatic carbocycles. The molecule has 1 aliphatic rings. The minimum absolute atomic E-state index is 0.0248. The number of likely N-dealkylation sites (tertiary alicyclic amines) is 1. The first-order valence-electron chi connectivity index (χ1n) is 6.77. The van der Waals surface area contributed by atoms with Gasteiger partial charge in [0.25, 0.3) is 5.91 Å². The SMILES string of the molecule is COC(C(=O)N1CCCCC1CO)c1ccccc1. The van der Waals surface area contributed by atoms with E-state index in [0.717, 1.165) is 24.8 Å². The maximum absolute atomic E-state index is 12.6. The van der Waals surface area contributed by atoms with Crippen molar-refractivity contribution in [3.63, 3.8) is 0 Å². The van der Waals surface area contributed by atoms with Crippen LogP contribution >= 0.6 is 0 Å². The smallest absolute Gasteiger partial charge is 0.256 e. The Balaban J connectivity index is 2.16. The predicted octanol–water partition coefficient (Wildman–Crippen LogP) is 1.75. The Morgan fingerprint density at radius 2 is 2.16 bits per heavy atom. The zero-order chi connectivity index (χ0) is 13.7. The Labute approximate surface area is 114 Å². The average Bonchev–Trinajstić information content (AvgIpc) is 2.49. The van der Waals surface area contributed by atoms with Gasteiger partial charge in [-0.1, -0.05) is 30.3 Å². The van der Waals surface area contributed by atoms with Crippen molar-refractivity contribution in [2.24, 2.45) is 0 Å². The summed E-state index contributed by atoms with van der Waals surface area (Å²) in [7, 11) is 1.55. The first kappa shape index (κ1) is 14.0. The van der Waals surface area contributed by atoms with Gasteiger partial charge in [-0.05, 0) is 24.8 Å². The highest BCUT2D eigenvalue weighted by Gasteiger charge is 2.31. The van der Waals surface area contributed by atoms with Gasteiger partial charge in [0.2, 0.25) is 0 Å². The van der Waals surface area contributed by atoms with Crippen LogP contribution in [0.4, 0.5) is 0 Å². The Bertz CT molecular complexity index is 407. The monoisotopic (exact) mass is 263 g/mol. The molecule has 0 bridgehead atoms. The Morgan fingerprint density at radius 1 is 1.42 bits per heavy atom. The zero-order valence-corrected chi connectivity index (χ0v) is 11.3. The second kappa shape index (κ2) is 6.68. The van der Waals surface area contributed by atoms with Crippen molar-refractivity contribution >= 4 is 5.91 Å². The molecule has 4 nitrogen and oxygen atoms in total. The molecule has 1 amide bonds. The summed E-state index contributed by atoms with van der Waals surface area (Å²) in [6.07, 6.45) is 2.35. The van der Waals surface area contributed by atoms with Gasteiger partial charge in [0, 0.05) is 13.7 Å². The fraction of sp³-hybridized carbons (Fsp3) is 0.533. The molecule has 2 rings (SSSR count). The minimum atomic E-state index is -0.576. The van der Waals surface area contributed by atoms with E-state index < -0.39 is 6.10 Å². The number of ether oxygens (including phenoxy) is 1. The van der Waals surface area contributed by atoms with Gasteiger partial charge in [-0.2, -0.15) is 0 Å². The molecular weight excluding hydrogens is 242 g/mol. The third-order valence-electron chi connectivity index (χ3n) is 3.68. The van der Waals surface area contributed by atoms with Crippen molar-refractivity contribution in [3.8, 4) is 0 Å². The Morgan fingerprint density at radius 3 is 2.79 bits per heavy atom. The van der Waals surface area contributed by atoms with E-state index in [4.69, 9.17) is 4.74 Å². The largest absolute Gasteiger partial charge is 0.394 e. The lowest BCUT2D eigenvalue weighted by Crippen LogP contribution is -2.47. The Kier molecular flexibility index (Phi) is 4.93. The number of amides is 1. The van der Waals surface area contributed by atoms with Gasteiger partial charge in [-0.15, -0.1) is 0 Å². The molecule has 104 valence electrons.